The van der Waals surface area contributed by atoms with E-state index in [0.717, 1.165) is 29.4 Å². The smallest absolute Gasteiger partial charge is 0.234 e. The number of aryl methyl sites for hydroxylation is 1. The lowest BCUT2D eigenvalue weighted by atomic mass is 10.1. The number of carbonyl (C=O) groups excluding carboxylic acids is 1. The molecule has 2 bridgehead atoms. The lowest BCUT2D eigenvalue weighted by Gasteiger charge is -2.25. The van der Waals surface area contributed by atoms with Crippen LogP contribution < -0.4 is 5.32 Å². The Bertz CT molecular complexity index is 708. The molecule has 1 aliphatic heterocycles. The fourth-order valence-electron chi connectivity index (χ4n) is 3.98. The van der Waals surface area contributed by atoms with Crippen molar-refractivity contribution in [3.8, 4) is 0 Å². The van der Waals surface area contributed by atoms with Gasteiger partial charge in [-0.05, 0) is 43.7 Å². The van der Waals surface area contributed by atoms with Crippen LogP contribution in [0.3, 0.4) is 0 Å². The molecule has 0 aromatic carbocycles. The van der Waals surface area contributed by atoms with Crippen molar-refractivity contribution in [3.05, 3.63) is 35.8 Å². The summed E-state index contributed by atoms with van der Waals surface area (Å²) in [6.07, 6.45) is 7.75. The van der Waals surface area contributed by atoms with Gasteiger partial charge in [-0.2, -0.15) is 0 Å². The van der Waals surface area contributed by atoms with Crippen molar-refractivity contribution in [2.75, 3.05) is 13.1 Å². The second-order valence-corrected chi connectivity index (χ2v) is 6.67. The molecule has 2 aliphatic rings. The van der Waals surface area contributed by atoms with Gasteiger partial charge in [0.15, 0.2) is 0 Å². The minimum atomic E-state index is 0.121. The van der Waals surface area contributed by atoms with Gasteiger partial charge in [0, 0.05) is 18.8 Å². The SMILES string of the molecule is Cc1cccn2c(CNC(=O)CN3C[C@@H]4CC[C@H]3C4)cnc12. The van der Waals surface area contributed by atoms with E-state index in [-0.39, 0.29) is 5.91 Å². The zero-order valence-electron chi connectivity index (χ0n) is 13.0. The third kappa shape index (κ3) is 2.39. The maximum absolute atomic E-state index is 12.2. The molecule has 116 valence electrons. The van der Waals surface area contributed by atoms with Crippen LogP contribution in [0.25, 0.3) is 5.65 Å². The zero-order valence-corrected chi connectivity index (χ0v) is 13.0. The van der Waals surface area contributed by atoms with Crippen LogP contribution in [0.15, 0.2) is 24.5 Å². The van der Waals surface area contributed by atoms with Gasteiger partial charge in [0.2, 0.25) is 5.91 Å². The Labute approximate surface area is 130 Å². The Morgan fingerprint density at radius 2 is 2.36 bits per heavy atom. The molecule has 2 fully saturated rings. The van der Waals surface area contributed by atoms with Gasteiger partial charge in [0.1, 0.15) is 5.65 Å². The molecule has 2 aromatic heterocycles. The Balaban J connectivity index is 1.37. The number of hydrogen-bond acceptors (Lipinski definition) is 3. The molecule has 0 spiro atoms. The average molecular weight is 298 g/mol. The van der Waals surface area contributed by atoms with Gasteiger partial charge in [-0.1, -0.05) is 6.07 Å². The highest BCUT2D eigenvalue weighted by Crippen LogP contribution is 2.36. The minimum absolute atomic E-state index is 0.121. The maximum atomic E-state index is 12.2. The molecule has 0 unspecified atom stereocenters. The van der Waals surface area contributed by atoms with Gasteiger partial charge in [-0.25, -0.2) is 4.98 Å². The summed E-state index contributed by atoms with van der Waals surface area (Å²) in [6.45, 7) is 4.22. The van der Waals surface area contributed by atoms with Gasteiger partial charge < -0.3 is 9.72 Å². The van der Waals surface area contributed by atoms with Crippen molar-refractivity contribution in [1.82, 2.24) is 19.6 Å². The number of nitrogens with zero attached hydrogens (tertiary/aromatic N) is 3. The van der Waals surface area contributed by atoms with Crippen LogP contribution in [-0.4, -0.2) is 39.3 Å². The van der Waals surface area contributed by atoms with Crippen molar-refractivity contribution >= 4 is 11.6 Å². The molecule has 1 saturated heterocycles. The van der Waals surface area contributed by atoms with Crippen molar-refractivity contribution in [1.29, 1.82) is 0 Å². The second kappa shape index (κ2) is 5.39. The maximum Gasteiger partial charge on any atom is 0.234 e. The summed E-state index contributed by atoms with van der Waals surface area (Å²) in [6, 6.07) is 4.71. The number of nitrogens with one attached hydrogen (secondary N) is 1. The Kier molecular flexibility index (Phi) is 3.37. The monoisotopic (exact) mass is 298 g/mol. The standard InChI is InChI=1S/C17H22N4O/c1-12-3-2-6-21-15(9-19-17(12)21)8-18-16(22)11-20-10-13-4-5-14(20)7-13/h2-3,6,9,13-14H,4-5,7-8,10-11H2,1H3,(H,18,22)/t13-,14+/m1/s1. The average Bonchev–Trinajstić information content (AvgIpc) is 3.20. The molecule has 1 saturated carbocycles. The number of imidazole rings is 1. The van der Waals surface area contributed by atoms with E-state index in [1.807, 2.05) is 35.9 Å². The molecule has 2 aromatic rings. The summed E-state index contributed by atoms with van der Waals surface area (Å²) >= 11 is 0. The molecule has 22 heavy (non-hydrogen) atoms. The molecule has 1 N–H and O–H groups in total. The molecule has 3 heterocycles. The fraction of sp³-hybridized carbons (Fsp3) is 0.529. The summed E-state index contributed by atoms with van der Waals surface area (Å²) in [4.78, 5) is 19.0. The van der Waals surface area contributed by atoms with Gasteiger partial charge >= 0.3 is 0 Å². The first kappa shape index (κ1) is 13.8. The highest BCUT2D eigenvalue weighted by atomic mass is 16.2. The largest absolute Gasteiger partial charge is 0.349 e. The number of hydrogen-bond donors (Lipinski definition) is 1. The van der Waals surface area contributed by atoms with E-state index in [1.165, 1.54) is 19.3 Å². The summed E-state index contributed by atoms with van der Waals surface area (Å²) in [7, 11) is 0. The molecule has 1 aliphatic carbocycles. The third-order valence-electron chi connectivity index (χ3n) is 5.14. The van der Waals surface area contributed by atoms with Crippen LogP contribution in [-0.2, 0) is 11.3 Å². The summed E-state index contributed by atoms with van der Waals surface area (Å²) in [5.41, 5.74) is 3.13. The normalized spacial score (nSPS) is 24.2. The highest BCUT2D eigenvalue weighted by Gasteiger charge is 2.38. The van der Waals surface area contributed by atoms with E-state index in [2.05, 4.69) is 15.2 Å². The molecule has 4 rings (SSSR count). The van der Waals surface area contributed by atoms with Gasteiger partial charge in [-0.15, -0.1) is 0 Å². The predicted octanol–water partition coefficient (Wildman–Crippen LogP) is 1.74. The number of rotatable bonds is 4. The lowest BCUT2D eigenvalue weighted by Crippen LogP contribution is -2.41. The van der Waals surface area contributed by atoms with Crippen LogP contribution in [0.4, 0.5) is 0 Å². The summed E-state index contributed by atoms with van der Waals surface area (Å²) in [5, 5.41) is 3.04. The van der Waals surface area contributed by atoms with Crippen molar-refractivity contribution in [3.63, 3.8) is 0 Å². The van der Waals surface area contributed by atoms with E-state index in [1.54, 1.807) is 0 Å². The van der Waals surface area contributed by atoms with Crippen LogP contribution in [0.1, 0.15) is 30.5 Å². The number of pyridine rings is 1. The van der Waals surface area contributed by atoms with E-state index in [0.29, 0.717) is 19.1 Å². The Morgan fingerprint density at radius 3 is 3.14 bits per heavy atom. The van der Waals surface area contributed by atoms with Crippen LogP contribution in [0, 0.1) is 12.8 Å². The highest BCUT2D eigenvalue weighted by molar-refractivity contribution is 5.78. The summed E-state index contributed by atoms with van der Waals surface area (Å²) in [5.74, 6) is 0.953. The number of carbonyl (C=O) groups is 1. The molecule has 1 amide bonds. The third-order valence-corrected chi connectivity index (χ3v) is 5.14. The lowest BCUT2D eigenvalue weighted by molar-refractivity contribution is -0.122. The second-order valence-electron chi connectivity index (χ2n) is 6.67. The van der Waals surface area contributed by atoms with E-state index >= 15 is 0 Å². The number of fused-ring (bicyclic) bond motifs is 3. The van der Waals surface area contributed by atoms with Crippen LogP contribution in [0.2, 0.25) is 0 Å². The van der Waals surface area contributed by atoms with Gasteiger partial charge in [0.25, 0.3) is 0 Å². The first-order chi connectivity index (χ1) is 10.7. The van der Waals surface area contributed by atoms with Crippen LogP contribution >= 0.6 is 0 Å². The molecular formula is C17H22N4O. The quantitative estimate of drug-likeness (QED) is 0.935. The fourth-order valence-corrected chi connectivity index (χ4v) is 3.98. The number of piperidine rings is 1. The molecular weight excluding hydrogens is 276 g/mol. The summed E-state index contributed by atoms with van der Waals surface area (Å²) < 4.78 is 2.05. The molecule has 0 radical (unpaired) electrons. The molecule has 2 atom stereocenters. The Morgan fingerprint density at radius 1 is 1.45 bits per heavy atom. The predicted molar refractivity (Wildman–Crippen MR) is 84.5 cm³/mol. The van der Waals surface area contributed by atoms with Crippen LogP contribution in [0.5, 0.6) is 0 Å². The first-order valence-electron chi connectivity index (χ1n) is 8.13. The Hall–Kier alpha value is -1.88. The zero-order chi connectivity index (χ0) is 15.1. The van der Waals surface area contributed by atoms with Crippen molar-refractivity contribution < 1.29 is 4.79 Å². The number of likely N-dealkylation sites (tertiary alicyclic amines) is 1. The van der Waals surface area contributed by atoms with E-state index in [4.69, 9.17) is 0 Å². The molecule has 5 nitrogen and oxygen atoms in total. The van der Waals surface area contributed by atoms with Crippen molar-refractivity contribution in [2.45, 2.75) is 38.8 Å². The van der Waals surface area contributed by atoms with Gasteiger partial charge in [-0.3, -0.25) is 9.69 Å². The minimum Gasteiger partial charge on any atom is -0.349 e. The number of amides is 1. The van der Waals surface area contributed by atoms with Gasteiger partial charge in [0.05, 0.1) is 25.0 Å². The van der Waals surface area contributed by atoms with E-state index in [9.17, 15) is 4.79 Å². The molecule has 5 heteroatoms. The number of aromatic nitrogens is 2. The topological polar surface area (TPSA) is 49.6 Å². The van der Waals surface area contributed by atoms with Crippen molar-refractivity contribution in [2.24, 2.45) is 5.92 Å². The first-order valence-corrected chi connectivity index (χ1v) is 8.13. The van der Waals surface area contributed by atoms with E-state index < -0.39 is 0 Å².